The molecule has 7 heteroatoms. The molecule has 0 aromatic heterocycles. The van der Waals surface area contributed by atoms with Crippen molar-refractivity contribution in [2.45, 2.75) is 24.8 Å². The maximum atomic E-state index is 12.0. The Morgan fingerprint density at radius 2 is 1.89 bits per heavy atom. The van der Waals surface area contributed by atoms with Gasteiger partial charge in [-0.1, -0.05) is 0 Å². The highest BCUT2D eigenvalue weighted by Gasteiger charge is 2.23. The number of carbonyl (C=O) groups is 1. The molecular weight excluding hydrogens is 266 g/mol. The minimum atomic E-state index is -3.72. The largest absolute Gasteiger partial charge is 0.399 e. The van der Waals surface area contributed by atoms with E-state index in [1.54, 1.807) is 7.05 Å². The van der Waals surface area contributed by atoms with Gasteiger partial charge in [-0.05, 0) is 38.1 Å². The molecule has 0 aliphatic heterocycles. The number of benzene rings is 1. The Bertz CT molecular complexity index is 540. The molecule has 1 rings (SSSR count). The molecule has 1 aromatic carbocycles. The van der Waals surface area contributed by atoms with Crippen molar-refractivity contribution in [3.05, 3.63) is 24.3 Å². The lowest BCUT2D eigenvalue weighted by Gasteiger charge is -2.20. The third-order valence-corrected chi connectivity index (χ3v) is 4.30. The summed E-state index contributed by atoms with van der Waals surface area (Å²) in [5.74, 6) is -0.276. The summed E-state index contributed by atoms with van der Waals surface area (Å²) < 4.78 is 26.4. The third kappa shape index (κ3) is 3.93. The number of anilines is 1. The zero-order valence-corrected chi connectivity index (χ0v) is 12.1. The zero-order valence-electron chi connectivity index (χ0n) is 11.3. The van der Waals surface area contributed by atoms with Gasteiger partial charge in [0.25, 0.3) is 0 Å². The fraction of sp³-hybridized carbons (Fsp3) is 0.417. The number of rotatable bonds is 5. The number of sulfonamides is 1. The van der Waals surface area contributed by atoms with E-state index in [2.05, 4.69) is 4.72 Å². The molecule has 3 N–H and O–H groups in total. The molecule has 0 saturated carbocycles. The van der Waals surface area contributed by atoms with Gasteiger partial charge in [0.15, 0.2) is 0 Å². The van der Waals surface area contributed by atoms with Gasteiger partial charge in [-0.15, -0.1) is 0 Å². The van der Waals surface area contributed by atoms with E-state index in [1.165, 1.54) is 36.1 Å². The Labute approximate surface area is 113 Å². The van der Waals surface area contributed by atoms with Crippen LogP contribution in [-0.4, -0.2) is 38.9 Å². The van der Waals surface area contributed by atoms with Crippen LogP contribution in [0.25, 0.3) is 0 Å². The minimum absolute atomic E-state index is 0.0838. The summed E-state index contributed by atoms with van der Waals surface area (Å²) in [5.41, 5.74) is 5.98. The Hall–Kier alpha value is -1.60. The van der Waals surface area contributed by atoms with Crippen LogP contribution < -0.4 is 10.5 Å². The van der Waals surface area contributed by atoms with Crippen LogP contribution in [-0.2, 0) is 14.8 Å². The average Bonchev–Trinajstić information content (AvgIpc) is 2.36. The van der Waals surface area contributed by atoms with Crippen molar-refractivity contribution < 1.29 is 13.2 Å². The van der Waals surface area contributed by atoms with Crippen molar-refractivity contribution in [3.63, 3.8) is 0 Å². The topological polar surface area (TPSA) is 92.5 Å². The molecule has 0 radical (unpaired) electrons. The van der Waals surface area contributed by atoms with Crippen molar-refractivity contribution in [1.29, 1.82) is 0 Å². The monoisotopic (exact) mass is 285 g/mol. The minimum Gasteiger partial charge on any atom is -0.399 e. The Morgan fingerprint density at radius 1 is 1.37 bits per heavy atom. The average molecular weight is 285 g/mol. The van der Waals surface area contributed by atoms with E-state index in [-0.39, 0.29) is 10.8 Å². The lowest BCUT2D eigenvalue weighted by molar-refractivity contribution is -0.131. The molecule has 0 aliphatic rings. The smallest absolute Gasteiger partial charge is 0.241 e. The van der Waals surface area contributed by atoms with Crippen LogP contribution in [0.5, 0.6) is 0 Å². The number of likely N-dealkylation sites (N-methyl/N-ethyl adjacent to an activating group) is 1. The Balaban J connectivity index is 2.86. The van der Waals surface area contributed by atoms with Crippen molar-refractivity contribution in [2.24, 2.45) is 0 Å². The lowest BCUT2D eigenvalue weighted by atomic mass is 10.3. The number of nitrogens with one attached hydrogen (secondary N) is 1. The first kappa shape index (κ1) is 15.5. The number of nitrogen functional groups attached to an aromatic ring is 1. The second-order valence-corrected chi connectivity index (χ2v) is 5.98. The fourth-order valence-corrected chi connectivity index (χ4v) is 2.68. The first-order valence-electron chi connectivity index (χ1n) is 5.90. The predicted molar refractivity (Wildman–Crippen MR) is 73.9 cm³/mol. The molecule has 0 spiro atoms. The molecule has 19 heavy (non-hydrogen) atoms. The van der Waals surface area contributed by atoms with Crippen LogP contribution in [0.15, 0.2) is 29.2 Å². The van der Waals surface area contributed by atoms with E-state index in [0.29, 0.717) is 12.2 Å². The standard InChI is InChI=1S/C12H19N3O3S/c1-4-15(3)12(16)9(2)14-19(17,18)11-7-5-10(13)6-8-11/h5-9,14H,4,13H2,1-3H3. The second-order valence-electron chi connectivity index (χ2n) is 4.26. The first-order valence-corrected chi connectivity index (χ1v) is 7.39. The third-order valence-electron chi connectivity index (χ3n) is 2.74. The number of carbonyl (C=O) groups excluding carboxylic acids is 1. The second kappa shape index (κ2) is 6.03. The summed E-state index contributed by atoms with van der Waals surface area (Å²) in [4.78, 5) is 13.4. The van der Waals surface area contributed by atoms with Crippen LogP contribution in [0.4, 0.5) is 5.69 Å². The van der Waals surface area contributed by atoms with Crippen LogP contribution in [0.3, 0.4) is 0 Å². The van der Waals surface area contributed by atoms with Gasteiger partial charge in [0.1, 0.15) is 0 Å². The van der Waals surface area contributed by atoms with Gasteiger partial charge < -0.3 is 10.6 Å². The van der Waals surface area contributed by atoms with Crippen molar-refractivity contribution in [1.82, 2.24) is 9.62 Å². The molecule has 106 valence electrons. The number of nitrogens with two attached hydrogens (primary N) is 1. The molecular formula is C12H19N3O3S. The predicted octanol–water partition coefficient (Wildman–Crippen LogP) is 0.414. The highest BCUT2D eigenvalue weighted by Crippen LogP contribution is 2.12. The van der Waals surface area contributed by atoms with Gasteiger partial charge in [0, 0.05) is 19.3 Å². The van der Waals surface area contributed by atoms with Gasteiger partial charge in [-0.2, -0.15) is 4.72 Å². The molecule has 0 aliphatic carbocycles. The summed E-state index contributed by atoms with van der Waals surface area (Å²) in [6, 6.07) is 4.99. The summed E-state index contributed by atoms with van der Waals surface area (Å²) >= 11 is 0. The molecule has 0 saturated heterocycles. The maximum absolute atomic E-state index is 12.0. The molecule has 1 unspecified atom stereocenters. The van der Waals surface area contributed by atoms with E-state index < -0.39 is 16.1 Å². The van der Waals surface area contributed by atoms with Crippen molar-refractivity contribution in [2.75, 3.05) is 19.3 Å². The molecule has 0 bridgehead atoms. The molecule has 1 aromatic rings. The maximum Gasteiger partial charge on any atom is 0.241 e. The van der Waals surface area contributed by atoms with Gasteiger partial charge in [0.2, 0.25) is 15.9 Å². The van der Waals surface area contributed by atoms with Crippen molar-refractivity contribution >= 4 is 21.6 Å². The Kier molecular flexibility index (Phi) is 4.90. The fourth-order valence-electron chi connectivity index (χ4n) is 1.48. The molecule has 1 atom stereocenters. The van der Waals surface area contributed by atoms with Gasteiger partial charge >= 0.3 is 0 Å². The quantitative estimate of drug-likeness (QED) is 0.767. The van der Waals surface area contributed by atoms with Gasteiger partial charge in [-0.3, -0.25) is 4.79 Å². The molecule has 0 fully saturated rings. The van der Waals surface area contributed by atoms with Crippen LogP contribution in [0.1, 0.15) is 13.8 Å². The van der Waals surface area contributed by atoms with Crippen LogP contribution in [0.2, 0.25) is 0 Å². The highest BCUT2D eigenvalue weighted by molar-refractivity contribution is 7.89. The van der Waals surface area contributed by atoms with E-state index in [9.17, 15) is 13.2 Å². The van der Waals surface area contributed by atoms with Crippen LogP contribution in [0, 0.1) is 0 Å². The van der Waals surface area contributed by atoms with Crippen LogP contribution >= 0.6 is 0 Å². The van der Waals surface area contributed by atoms with E-state index in [4.69, 9.17) is 5.73 Å². The molecule has 1 amide bonds. The summed E-state index contributed by atoms with van der Waals surface area (Å²) in [7, 11) is -2.09. The van der Waals surface area contributed by atoms with Gasteiger partial charge in [0.05, 0.1) is 10.9 Å². The van der Waals surface area contributed by atoms with Crippen molar-refractivity contribution in [3.8, 4) is 0 Å². The summed E-state index contributed by atoms with van der Waals surface area (Å²) in [6.45, 7) is 3.86. The first-order chi connectivity index (χ1) is 8.77. The zero-order chi connectivity index (χ0) is 14.6. The normalized spacial score (nSPS) is 13.0. The summed E-state index contributed by atoms with van der Waals surface area (Å²) in [5, 5.41) is 0. The number of nitrogens with zero attached hydrogens (tertiary/aromatic N) is 1. The summed E-state index contributed by atoms with van der Waals surface area (Å²) in [6.07, 6.45) is 0. The van der Waals surface area contributed by atoms with E-state index >= 15 is 0 Å². The van der Waals surface area contributed by atoms with Gasteiger partial charge in [-0.25, -0.2) is 8.42 Å². The SMILES string of the molecule is CCN(C)C(=O)C(C)NS(=O)(=O)c1ccc(N)cc1. The number of amides is 1. The molecule has 0 heterocycles. The number of hydrogen-bond donors (Lipinski definition) is 2. The van der Waals surface area contributed by atoms with E-state index in [0.717, 1.165) is 0 Å². The molecule has 6 nitrogen and oxygen atoms in total. The van der Waals surface area contributed by atoms with E-state index in [1.807, 2.05) is 6.92 Å². The lowest BCUT2D eigenvalue weighted by Crippen LogP contribution is -2.45. The number of hydrogen-bond acceptors (Lipinski definition) is 4. The Morgan fingerprint density at radius 3 is 2.37 bits per heavy atom. The highest BCUT2D eigenvalue weighted by atomic mass is 32.2.